The third kappa shape index (κ3) is 2.16. The second-order valence-corrected chi connectivity index (χ2v) is 3.91. The standard InChI is InChI=1S/C10H12ClFN2/c11-7-1-3-8(4-2-7)13-14-10-6-5-9(10)12/h1-4,9-10,13-14H,5-6H2. The molecule has 2 unspecified atom stereocenters. The lowest BCUT2D eigenvalue weighted by Gasteiger charge is -2.31. The van der Waals surface area contributed by atoms with Gasteiger partial charge in [-0.3, -0.25) is 0 Å². The van der Waals surface area contributed by atoms with E-state index in [1.54, 1.807) is 12.1 Å². The van der Waals surface area contributed by atoms with Crippen LogP contribution < -0.4 is 10.9 Å². The van der Waals surface area contributed by atoms with E-state index in [0.29, 0.717) is 11.4 Å². The first-order valence-electron chi connectivity index (χ1n) is 4.67. The zero-order valence-electron chi connectivity index (χ0n) is 7.63. The highest BCUT2D eigenvalue weighted by Gasteiger charge is 2.30. The zero-order valence-corrected chi connectivity index (χ0v) is 8.39. The Balaban J connectivity index is 1.83. The topological polar surface area (TPSA) is 24.1 Å². The van der Waals surface area contributed by atoms with Gasteiger partial charge < -0.3 is 5.43 Å². The third-order valence-electron chi connectivity index (χ3n) is 2.44. The smallest absolute Gasteiger partial charge is 0.117 e. The fourth-order valence-electron chi connectivity index (χ4n) is 1.33. The Labute approximate surface area is 87.4 Å². The first kappa shape index (κ1) is 9.74. The van der Waals surface area contributed by atoms with Crippen LogP contribution in [0.1, 0.15) is 12.8 Å². The number of alkyl halides is 1. The predicted molar refractivity (Wildman–Crippen MR) is 56.1 cm³/mol. The van der Waals surface area contributed by atoms with Gasteiger partial charge in [0.1, 0.15) is 6.17 Å². The monoisotopic (exact) mass is 214 g/mol. The Bertz CT molecular complexity index is 301. The lowest BCUT2D eigenvalue weighted by molar-refractivity contribution is 0.149. The molecule has 2 rings (SSSR count). The number of hydrazine groups is 1. The van der Waals surface area contributed by atoms with Crippen molar-refractivity contribution in [3.05, 3.63) is 29.3 Å². The summed E-state index contributed by atoms with van der Waals surface area (Å²) in [6.07, 6.45) is 0.844. The van der Waals surface area contributed by atoms with E-state index in [4.69, 9.17) is 11.6 Å². The van der Waals surface area contributed by atoms with Gasteiger partial charge in [-0.2, -0.15) is 0 Å². The van der Waals surface area contributed by atoms with Crippen LogP contribution in [-0.2, 0) is 0 Å². The zero-order chi connectivity index (χ0) is 9.97. The molecule has 1 aliphatic carbocycles. The van der Waals surface area contributed by atoms with Crippen LogP contribution in [0.2, 0.25) is 5.02 Å². The van der Waals surface area contributed by atoms with Crippen LogP contribution in [0, 0.1) is 0 Å². The minimum Gasteiger partial charge on any atom is -0.321 e. The molecule has 2 nitrogen and oxygen atoms in total. The largest absolute Gasteiger partial charge is 0.321 e. The highest BCUT2D eigenvalue weighted by atomic mass is 35.5. The first-order chi connectivity index (χ1) is 6.75. The highest BCUT2D eigenvalue weighted by molar-refractivity contribution is 6.30. The van der Waals surface area contributed by atoms with E-state index < -0.39 is 6.17 Å². The van der Waals surface area contributed by atoms with Gasteiger partial charge in [0.2, 0.25) is 0 Å². The first-order valence-corrected chi connectivity index (χ1v) is 5.05. The van der Waals surface area contributed by atoms with E-state index in [1.807, 2.05) is 12.1 Å². The Kier molecular flexibility index (Phi) is 2.89. The molecule has 1 aromatic rings. The number of hydrogen-bond donors (Lipinski definition) is 2. The summed E-state index contributed by atoms with van der Waals surface area (Å²) < 4.78 is 12.8. The summed E-state index contributed by atoms with van der Waals surface area (Å²) in [7, 11) is 0. The summed E-state index contributed by atoms with van der Waals surface area (Å²) in [4.78, 5) is 0. The summed E-state index contributed by atoms with van der Waals surface area (Å²) in [5, 5.41) is 0.697. The van der Waals surface area contributed by atoms with Gasteiger partial charge in [0, 0.05) is 10.7 Å². The minimum atomic E-state index is -0.713. The van der Waals surface area contributed by atoms with E-state index in [0.717, 1.165) is 12.1 Å². The highest BCUT2D eigenvalue weighted by Crippen LogP contribution is 2.23. The maximum absolute atomic E-state index is 12.8. The van der Waals surface area contributed by atoms with Crippen LogP contribution in [-0.4, -0.2) is 12.2 Å². The molecule has 0 amide bonds. The summed E-state index contributed by atoms with van der Waals surface area (Å²) in [5.41, 5.74) is 6.79. The second-order valence-electron chi connectivity index (χ2n) is 3.48. The number of anilines is 1. The summed E-state index contributed by atoms with van der Waals surface area (Å²) >= 11 is 5.73. The van der Waals surface area contributed by atoms with Gasteiger partial charge in [-0.25, -0.2) is 9.82 Å². The Morgan fingerprint density at radius 2 is 1.93 bits per heavy atom. The Morgan fingerprint density at radius 1 is 1.21 bits per heavy atom. The van der Waals surface area contributed by atoms with Gasteiger partial charge >= 0.3 is 0 Å². The van der Waals surface area contributed by atoms with Gasteiger partial charge in [0.25, 0.3) is 0 Å². The molecule has 2 N–H and O–H groups in total. The molecule has 0 aromatic heterocycles. The molecule has 0 radical (unpaired) electrons. The van der Waals surface area contributed by atoms with Crippen molar-refractivity contribution in [1.82, 2.24) is 5.43 Å². The number of nitrogens with one attached hydrogen (secondary N) is 2. The van der Waals surface area contributed by atoms with E-state index in [2.05, 4.69) is 10.9 Å². The average Bonchev–Trinajstić information content (AvgIpc) is 2.19. The Morgan fingerprint density at radius 3 is 2.43 bits per heavy atom. The number of rotatable bonds is 3. The van der Waals surface area contributed by atoms with Crippen molar-refractivity contribution in [3.63, 3.8) is 0 Å². The molecule has 0 spiro atoms. The van der Waals surface area contributed by atoms with Crippen molar-refractivity contribution in [2.75, 3.05) is 5.43 Å². The second kappa shape index (κ2) is 4.15. The van der Waals surface area contributed by atoms with Crippen molar-refractivity contribution in [2.24, 2.45) is 0 Å². The third-order valence-corrected chi connectivity index (χ3v) is 2.69. The molecule has 0 saturated heterocycles. The van der Waals surface area contributed by atoms with Gasteiger partial charge in [-0.05, 0) is 37.1 Å². The summed E-state index contributed by atoms with van der Waals surface area (Å²) in [6, 6.07) is 7.23. The molecule has 1 saturated carbocycles. The van der Waals surface area contributed by atoms with E-state index in [9.17, 15) is 4.39 Å². The SMILES string of the molecule is FC1CCC1NNc1ccc(Cl)cc1. The maximum atomic E-state index is 12.8. The molecule has 76 valence electrons. The van der Waals surface area contributed by atoms with Crippen LogP contribution in [0.25, 0.3) is 0 Å². The molecule has 1 aromatic carbocycles. The van der Waals surface area contributed by atoms with Gasteiger partial charge in [-0.15, -0.1) is 0 Å². The van der Waals surface area contributed by atoms with Crippen LogP contribution in [0.3, 0.4) is 0 Å². The molecule has 1 fully saturated rings. The van der Waals surface area contributed by atoms with Crippen LogP contribution in [0.5, 0.6) is 0 Å². The van der Waals surface area contributed by atoms with E-state index in [1.165, 1.54) is 0 Å². The molecule has 4 heteroatoms. The molecular weight excluding hydrogens is 203 g/mol. The van der Waals surface area contributed by atoms with Crippen LogP contribution in [0.15, 0.2) is 24.3 Å². The fraction of sp³-hybridized carbons (Fsp3) is 0.400. The summed E-state index contributed by atoms with van der Waals surface area (Å²) in [6.45, 7) is 0. The number of halogens is 2. The molecule has 0 aliphatic heterocycles. The maximum Gasteiger partial charge on any atom is 0.117 e. The average molecular weight is 215 g/mol. The fourth-order valence-corrected chi connectivity index (χ4v) is 1.46. The van der Waals surface area contributed by atoms with Crippen molar-refractivity contribution in [3.8, 4) is 0 Å². The lowest BCUT2D eigenvalue weighted by Crippen LogP contribution is -2.47. The molecular formula is C10H12ClFN2. The Hall–Kier alpha value is -0.800. The quantitative estimate of drug-likeness (QED) is 0.757. The van der Waals surface area contributed by atoms with Gasteiger partial charge in [0.15, 0.2) is 0 Å². The lowest BCUT2D eigenvalue weighted by atomic mass is 9.91. The van der Waals surface area contributed by atoms with Crippen molar-refractivity contribution >= 4 is 17.3 Å². The van der Waals surface area contributed by atoms with Crippen molar-refractivity contribution in [2.45, 2.75) is 25.1 Å². The van der Waals surface area contributed by atoms with Crippen molar-refractivity contribution in [1.29, 1.82) is 0 Å². The summed E-state index contributed by atoms with van der Waals surface area (Å²) in [5.74, 6) is 0. The van der Waals surface area contributed by atoms with E-state index in [-0.39, 0.29) is 6.04 Å². The van der Waals surface area contributed by atoms with Crippen LogP contribution in [0.4, 0.5) is 10.1 Å². The van der Waals surface area contributed by atoms with Crippen molar-refractivity contribution < 1.29 is 4.39 Å². The number of hydrogen-bond acceptors (Lipinski definition) is 2. The predicted octanol–water partition coefficient (Wildman–Crippen LogP) is 2.76. The molecule has 1 aliphatic rings. The molecule has 2 atom stereocenters. The normalized spacial score (nSPS) is 25.6. The van der Waals surface area contributed by atoms with Gasteiger partial charge in [0.05, 0.1) is 6.04 Å². The molecule has 14 heavy (non-hydrogen) atoms. The van der Waals surface area contributed by atoms with E-state index >= 15 is 0 Å². The van der Waals surface area contributed by atoms with Crippen LogP contribution >= 0.6 is 11.6 Å². The molecule has 0 heterocycles. The number of benzene rings is 1. The minimum absolute atomic E-state index is 0.0503. The van der Waals surface area contributed by atoms with Gasteiger partial charge in [-0.1, -0.05) is 11.6 Å². The molecule has 0 bridgehead atoms.